The van der Waals surface area contributed by atoms with Gasteiger partial charge in [-0.25, -0.2) is 4.79 Å². The van der Waals surface area contributed by atoms with Gasteiger partial charge in [0.25, 0.3) is 5.91 Å². The van der Waals surface area contributed by atoms with Gasteiger partial charge in [-0.05, 0) is 50.4 Å². The van der Waals surface area contributed by atoms with Crippen molar-refractivity contribution in [3.63, 3.8) is 0 Å². The van der Waals surface area contributed by atoms with Gasteiger partial charge in [0, 0.05) is 32.1 Å². The molecule has 0 unspecified atom stereocenters. The number of fused-ring (bicyclic) bond motifs is 2. The summed E-state index contributed by atoms with van der Waals surface area (Å²) in [6.07, 6.45) is 8.24. The highest BCUT2D eigenvalue weighted by molar-refractivity contribution is 6.07. The minimum Gasteiger partial charge on any atom is -0.338 e. The summed E-state index contributed by atoms with van der Waals surface area (Å²) >= 11 is 0. The van der Waals surface area contributed by atoms with E-state index in [-0.39, 0.29) is 17.9 Å². The molecule has 156 valence electrons. The maximum absolute atomic E-state index is 13.3. The van der Waals surface area contributed by atoms with Crippen molar-refractivity contribution in [2.24, 2.45) is 28.7 Å². The van der Waals surface area contributed by atoms with Crippen LogP contribution in [0.3, 0.4) is 0 Å². The predicted octanol–water partition coefficient (Wildman–Crippen LogP) is 3.27. The van der Waals surface area contributed by atoms with E-state index < -0.39 is 5.54 Å². The van der Waals surface area contributed by atoms with Crippen LogP contribution in [0, 0.1) is 23.7 Å². The first-order valence-corrected chi connectivity index (χ1v) is 11.3. The molecule has 1 spiro atoms. The highest BCUT2D eigenvalue weighted by Gasteiger charge is 2.61. The fourth-order valence-corrected chi connectivity index (χ4v) is 5.96. The first kappa shape index (κ1) is 19.7. The number of nitrogens with one attached hydrogen (secondary N) is 1. The Hall–Kier alpha value is -1.59. The molecule has 2 aliphatic carbocycles. The molecule has 6 nitrogen and oxygen atoms in total. The molecule has 4 rings (SSSR count). The summed E-state index contributed by atoms with van der Waals surface area (Å²) in [5.74, 6) is 2.68. The van der Waals surface area contributed by atoms with E-state index in [2.05, 4.69) is 19.2 Å². The summed E-state index contributed by atoms with van der Waals surface area (Å²) in [6.45, 7) is 9.21. The van der Waals surface area contributed by atoms with Crippen LogP contribution in [-0.2, 0) is 4.79 Å². The zero-order valence-corrected chi connectivity index (χ0v) is 17.7. The Kier molecular flexibility index (Phi) is 5.41. The molecule has 4 aliphatic rings. The largest absolute Gasteiger partial charge is 0.338 e. The topological polar surface area (TPSA) is 65.0 Å². The number of likely N-dealkylation sites (tertiary alicyclic amines) is 1. The molecule has 1 saturated heterocycles. The van der Waals surface area contributed by atoms with Gasteiger partial charge in [-0.3, -0.25) is 14.7 Å². The molecule has 3 amide bonds. The van der Waals surface area contributed by atoms with Crippen molar-refractivity contribution in [1.29, 1.82) is 0 Å². The van der Waals surface area contributed by atoms with E-state index in [0.29, 0.717) is 24.3 Å². The van der Waals surface area contributed by atoms with Gasteiger partial charge in [-0.2, -0.15) is 0 Å². The average molecular weight is 389 g/mol. The predicted molar refractivity (Wildman–Crippen MR) is 110 cm³/mol. The standard InChI is InChI=1S/C22H36N4O2/c1-15(2)12-26-16(3)24-22(20(26)27)10-9-18-13-25(14-19(18)22)21(28)23-11-17-7-5-4-6-8-17/h15,17-19H,4-14H2,1-3H3,(H,23,28)/t18-,19-,22+/m1/s1. The molecule has 0 radical (unpaired) electrons. The number of urea groups is 1. The SMILES string of the molecule is CC1=N[C@]2(CC[C@@H]3CN(C(=O)NCC4CCCCC4)C[C@H]32)C(=O)N1CC(C)C. The monoisotopic (exact) mass is 388 g/mol. The Bertz CT molecular complexity index is 655. The molecule has 3 atom stereocenters. The second-order valence-electron chi connectivity index (χ2n) is 9.89. The minimum absolute atomic E-state index is 0.0558. The van der Waals surface area contributed by atoms with Crippen LogP contribution in [-0.4, -0.2) is 59.3 Å². The van der Waals surface area contributed by atoms with E-state index in [1.807, 2.05) is 16.7 Å². The van der Waals surface area contributed by atoms with Crippen LogP contribution in [0.4, 0.5) is 4.79 Å². The van der Waals surface area contributed by atoms with Crippen molar-refractivity contribution in [3.05, 3.63) is 0 Å². The molecule has 3 fully saturated rings. The van der Waals surface area contributed by atoms with E-state index in [1.165, 1.54) is 32.1 Å². The quantitative estimate of drug-likeness (QED) is 0.803. The van der Waals surface area contributed by atoms with Crippen LogP contribution in [0.1, 0.15) is 65.7 Å². The number of nitrogens with zero attached hydrogens (tertiary/aromatic N) is 3. The second-order valence-corrected chi connectivity index (χ2v) is 9.89. The van der Waals surface area contributed by atoms with Crippen LogP contribution >= 0.6 is 0 Å². The molecule has 0 aromatic carbocycles. The van der Waals surface area contributed by atoms with Crippen molar-refractivity contribution in [3.8, 4) is 0 Å². The summed E-state index contributed by atoms with van der Waals surface area (Å²) in [6, 6.07) is 0.0558. The Balaban J connectivity index is 1.39. The Morgan fingerprint density at radius 2 is 1.96 bits per heavy atom. The van der Waals surface area contributed by atoms with Gasteiger partial charge < -0.3 is 10.2 Å². The summed E-state index contributed by atoms with van der Waals surface area (Å²) < 4.78 is 0. The van der Waals surface area contributed by atoms with E-state index >= 15 is 0 Å². The van der Waals surface area contributed by atoms with Gasteiger partial charge in [0.1, 0.15) is 11.4 Å². The van der Waals surface area contributed by atoms with Crippen molar-refractivity contribution in [2.45, 2.75) is 71.3 Å². The summed E-state index contributed by atoms with van der Waals surface area (Å²) in [5, 5.41) is 3.17. The van der Waals surface area contributed by atoms with Gasteiger partial charge in [0.15, 0.2) is 0 Å². The third-order valence-corrected chi connectivity index (χ3v) is 7.42. The van der Waals surface area contributed by atoms with E-state index in [9.17, 15) is 9.59 Å². The molecule has 28 heavy (non-hydrogen) atoms. The number of carbonyl (C=O) groups is 2. The highest BCUT2D eigenvalue weighted by atomic mass is 16.2. The third kappa shape index (κ3) is 3.43. The lowest BCUT2D eigenvalue weighted by molar-refractivity contribution is -0.132. The van der Waals surface area contributed by atoms with Crippen LogP contribution in [0.2, 0.25) is 0 Å². The molecule has 0 bridgehead atoms. The lowest BCUT2D eigenvalue weighted by Crippen LogP contribution is -2.48. The molecule has 1 N–H and O–H groups in total. The van der Waals surface area contributed by atoms with Crippen LogP contribution in [0.15, 0.2) is 4.99 Å². The van der Waals surface area contributed by atoms with E-state index in [1.54, 1.807) is 0 Å². The van der Waals surface area contributed by atoms with Gasteiger partial charge in [-0.1, -0.05) is 33.1 Å². The molecular weight excluding hydrogens is 352 g/mol. The van der Waals surface area contributed by atoms with Crippen molar-refractivity contribution >= 4 is 17.8 Å². The van der Waals surface area contributed by atoms with Gasteiger partial charge in [-0.15, -0.1) is 0 Å². The summed E-state index contributed by atoms with van der Waals surface area (Å²) in [5.41, 5.74) is -0.609. The van der Waals surface area contributed by atoms with Gasteiger partial charge >= 0.3 is 6.03 Å². The smallest absolute Gasteiger partial charge is 0.317 e. The lowest BCUT2D eigenvalue weighted by Gasteiger charge is -2.29. The van der Waals surface area contributed by atoms with Crippen LogP contribution < -0.4 is 5.32 Å². The molecule has 0 aromatic rings. The van der Waals surface area contributed by atoms with Crippen molar-refractivity contribution in [1.82, 2.24) is 15.1 Å². The Morgan fingerprint density at radius 3 is 2.68 bits per heavy atom. The Labute approximate surface area is 169 Å². The molecule has 6 heteroatoms. The fourth-order valence-electron chi connectivity index (χ4n) is 5.96. The average Bonchev–Trinajstić information content (AvgIpc) is 3.31. The maximum atomic E-state index is 13.3. The zero-order chi connectivity index (χ0) is 19.9. The number of aliphatic imine (C=N–C) groups is 1. The molecule has 2 aliphatic heterocycles. The van der Waals surface area contributed by atoms with Crippen LogP contribution in [0.5, 0.6) is 0 Å². The molecule has 2 heterocycles. The number of amidine groups is 1. The lowest BCUT2D eigenvalue weighted by atomic mass is 9.85. The first-order valence-electron chi connectivity index (χ1n) is 11.3. The van der Waals surface area contributed by atoms with Crippen molar-refractivity contribution in [2.75, 3.05) is 26.2 Å². The first-order chi connectivity index (χ1) is 13.4. The van der Waals surface area contributed by atoms with Crippen molar-refractivity contribution < 1.29 is 9.59 Å². The van der Waals surface area contributed by atoms with Gasteiger partial charge in [0.2, 0.25) is 0 Å². The minimum atomic E-state index is -0.609. The molecule has 2 saturated carbocycles. The molecule has 0 aromatic heterocycles. The summed E-state index contributed by atoms with van der Waals surface area (Å²) in [4.78, 5) is 34.8. The Morgan fingerprint density at radius 1 is 1.21 bits per heavy atom. The second kappa shape index (κ2) is 7.68. The third-order valence-electron chi connectivity index (χ3n) is 7.42. The highest BCUT2D eigenvalue weighted by Crippen LogP contribution is 2.50. The maximum Gasteiger partial charge on any atom is 0.317 e. The number of hydrogen-bond acceptors (Lipinski definition) is 3. The number of hydrogen-bond donors (Lipinski definition) is 1. The normalized spacial score (nSPS) is 33.1. The van der Waals surface area contributed by atoms with E-state index in [0.717, 1.165) is 38.3 Å². The van der Waals surface area contributed by atoms with E-state index in [4.69, 9.17) is 4.99 Å². The van der Waals surface area contributed by atoms with Gasteiger partial charge in [0.05, 0.1) is 0 Å². The summed E-state index contributed by atoms with van der Waals surface area (Å²) in [7, 11) is 0. The van der Waals surface area contributed by atoms with Crippen LogP contribution in [0.25, 0.3) is 0 Å². The zero-order valence-electron chi connectivity index (χ0n) is 17.7. The molecular formula is C22H36N4O2. The number of amides is 3. The fraction of sp³-hybridized carbons (Fsp3) is 0.864. The number of rotatable bonds is 4. The number of carbonyl (C=O) groups excluding carboxylic acids is 2.